The first-order chi connectivity index (χ1) is 14.0. The number of ether oxygens (including phenoxy) is 2. The Morgan fingerprint density at radius 1 is 1.13 bits per heavy atom. The van der Waals surface area contributed by atoms with Crippen molar-refractivity contribution in [1.82, 2.24) is 10.6 Å². The molecule has 0 spiro atoms. The third-order valence-corrected chi connectivity index (χ3v) is 4.11. The number of aliphatic imine (C=N–C) groups is 1. The highest BCUT2D eigenvalue weighted by Gasteiger charge is 2.11. The van der Waals surface area contributed by atoms with Gasteiger partial charge < -0.3 is 25.2 Å². The number of hydrogen-bond acceptors (Lipinski definition) is 4. The van der Waals surface area contributed by atoms with Gasteiger partial charge in [0.15, 0.2) is 5.96 Å². The van der Waals surface area contributed by atoms with E-state index in [0.29, 0.717) is 30.4 Å². The van der Waals surface area contributed by atoms with Crippen molar-refractivity contribution in [2.75, 3.05) is 20.2 Å². The lowest BCUT2D eigenvalue weighted by Gasteiger charge is -2.13. The lowest BCUT2D eigenvalue weighted by Crippen LogP contribution is -2.37. The molecule has 2 aromatic carbocycles. The Morgan fingerprint density at radius 3 is 2.50 bits per heavy atom. The van der Waals surface area contributed by atoms with Gasteiger partial charge in [0.1, 0.15) is 17.2 Å². The van der Waals surface area contributed by atoms with Gasteiger partial charge in [0.05, 0.1) is 13.7 Å². The second-order valence-corrected chi connectivity index (χ2v) is 6.24. The van der Waals surface area contributed by atoms with Crippen molar-refractivity contribution in [3.8, 4) is 17.2 Å². The quantitative estimate of drug-likeness (QED) is 0.183. The number of aryl methyl sites for hydroxylation is 1. The fourth-order valence-electron chi connectivity index (χ4n) is 2.69. The third kappa shape index (κ3) is 9.02. The molecule has 0 aliphatic heterocycles. The van der Waals surface area contributed by atoms with Crippen LogP contribution in [0.3, 0.4) is 0 Å². The minimum Gasteiger partial charge on any atom is -0.508 e. The summed E-state index contributed by atoms with van der Waals surface area (Å²) in [6.07, 6.45) is 1.73. The Labute approximate surface area is 192 Å². The van der Waals surface area contributed by atoms with Crippen LogP contribution in [0.25, 0.3) is 0 Å². The number of methoxy groups -OCH3 is 1. The molecule has 2 rings (SSSR count). The van der Waals surface area contributed by atoms with E-state index in [-0.39, 0.29) is 42.0 Å². The number of phenolic OH excluding ortho intramolecular Hbond substituents is 1. The lowest BCUT2D eigenvalue weighted by molar-refractivity contribution is -0.0504. The van der Waals surface area contributed by atoms with Crippen molar-refractivity contribution in [1.29, 1.82) is 0 Å². The number of nitrogens with one attached hydrogen (secondary N) is 2. The van der Waals surface area contributed by atoms with Crippen molar-refractivity contribution < 1.29 is 23.4 Å². The first kappa shape index (κ1) is 25.7. The van der Waals surface area contributed by atoms with Crippen LogP contribution in [0.2, 0.25) is 0 Å². The molecule has 0 amide bonds. The second kappa shape index (κ2) is 13.8. The number of phenols is 1. The van der Waals surface area contributed by atoms with E-state index >= 15 is 0 Å². The number of guanidine groups is 1. The first-order valence-corrected chi connectivity index (χ1v) is 9.43. The summed E-state index contributed by atoms with van der Waals surface area (Å²) in [7, 11) is 1.51. The number of nitrogens with zero attached hydrogens (tertiary/aromatic N) is 1. The van der Waals surface area contributed by atoms with Gasteiger partial charge in [-0.2, -0.15) is 8.78 Å². The van der Waals surface area contributed by atoms with Gasteiger partial charge in [0.25, 0.3) is 0 Å². The molecule has 0 aliphatic carbocycles. The fourth-order valence-corrected chi connectivity index (χ4v) is 2.69. The molecule has 0 aliphatic rings. The minimum absolute atomic E-state index is 0. The zero-order valence-corrected chi connectivity index (χ0v) is 19.4. The number of halogens is 3. The monoisotopic (exact) mass is 535 g/mol. The van der Waals surface area contributed by atoms with E-state index in [4.69, 9.17) is 4.74 Å². The number of benzene rings is 2. The van der Waals surface area contributed by atoms with Crippen molar-refractivity contribution in [3.05, 3.63) is 53.6 Å². The van der Waals surface area contributed by atoms with Crippen molar-refractivity contribution in [2.45, 2.75) is 32.9 Å². The zero-order chi connectivity index (χ0) is 21.1. The molecule has 0 fully saturated rings. The van der Waals surface area contributed by atoms with Crippen molar-refractivity contribution >= 4 is 29.9 Å². The van der Waals surface area contributed by atoms with Gasteiger partial charge in [-0.15, -0.1) is 24.0 Å². The molecular formula is C21H28F2IN3O3. The molecule has 0 radical (unpaired) electrons. The second-order valence-electron chi connectivity index (χ2n) is 6.24. The molecule has 2 aromatic rings. The van der Waals surface area contributed by atoms with Gasteiger partial charge in [0, 0.05) is 18.7 Å². The molecule has 0 atom stereocenters. The molecular weight excluding hydrogens is 507 g/mol. The zero-order valence-electron chi connectivity index (χ0n) is 17.0. The maximum atomic E-state index is 12.6. The Bertz CT molecular complexity index is 790. The summed E-state index contributed by atoms with van der Waals surface area (Å²) < 4.78 is 35.0. The summed E-state index contributed by atoms with van der Waals surface area (Å²) in [5.41, 5.74) is 1.64. The number of rotatable bonds is 10. The van der Waals surface area contributed by atoms with Gasteiger partial charge in [-0.05, 0) is 55.7 Å². The molecule has 166 valence electrons. The lowest BCUT2D eigenvalue weighted by atomic mass is 10.1. The van der Waals surface area contributed by atoms with Crippen LogP contribution >= 0.6 is 24.0 Å². The van der Waals surface area contributed by atoms with E-state index in [1.165, 1.54) is 13.2 Å². The molecule has 0 bridgehead atoms. The topological polar surface area (TPSA) is 75.1 Å². The largest absolute Gasteiger partial charge is 0.508 e. The van der Waals surface area contributed by atoms with Gasteiger partial charge in [-0.1, -0.05) is 12.1 Å². The van der Waals surface area contributed by atoms with Crippen LogP contribution in [0, 0.1) is 0 Å². The summed E-state index contributed by atoms with van der Waals surface area (Å²) in [6, 6.07) is 11.8. The maximum absolute atomic E-state index is 12.6. The van der Waals surface area contributed by atoms with Gasteiger partial charge in [-0.25, -0.2) is 4.99 Å². The van der Waals surface area contributed by atoms with Crippen LogP contribution in [0.4, 0.5) is 8.78 Å². The van der Waals surface area contributed by atoms with Gasteiger partial charge in [0.2, 0.25) is 0 Å². The molecule has 0 saturated heterocycles. The highest BCUT2D eigenvalue weighted by molar-refractivity contribution is 14.0. The number of alkyl halides is 2. The summed E-state index contributed by atoms with van der Waals surface area (Å²) in [6.45, 7) is 0.558. The molecule has 3 N–H and O–H groups in total. The van der Waals surface area contributed by atoms with Crippen LogP contribution < -0.4 is 20.1 Å². The maximum Gasteiger partial charge on any atom is 0.387 e. The average molecular weight is 535 g/mol. The van der Waals surface area contributed by atoms with E-state index in [1.807, 2.05) is 19.1 Å². The smallest absolute Gasteiger partial charge is 0.387 e. The van der Waals surface area contributed by atoms with E-state index in [1.54, 1.807) is 24.3 Å². The Morgan fingerprint density at radius 2 is 1.87 bits per heavy atom. The Balaban J connectivity index is 0.00000450. The molecule has 0 unspecified atom stereocenters. The van der Waals surface area contributed by atoms with Crippen molar-refractivity contribution in [3.63, 3.8) is 0 Å². The van der Waals surface area contributed by atoms with Crippen LogP contribution in [0.1, 0.15) is 24.5 Å². The molecule has 0 heterocycles. The highest BCUT2D eigenvalue weighted by Crippen LogP contribution is 2.26. The fraction of sp³-hybridized carbons (Fsp3) is 0.381. The van der Waals surface area contributed by atoms with E-state index in [9.17, 15) is 13.9 Å². The Kier molecular flexibility index (Phi) is 11.9. The average Bonchev–Trinajstić information content (AvgIpc) is 2.71. The molecule has 0 aromatic heterocycles. The normalized spacial score (nSPS) is 11.0. The predicted molar refractivity (Wildman–Crippen MR) is 124 cm³/mol. The van der Waals surface area contributed by atoms with E-state index < -0.39 is 6.61 Å². The Hall–Kier alpha value is -2.30. The molecule has 30 heavy (non-hydrogen) atoms. The van der Waals surface area contributed by atoms with Gasteiger partial charge >= 0.3 is 6.61 Å². The number of hydrogen-bond donors (Lipinski definition) is 3. The molecule has 6 nitrogen and oxygen atoms in total. The first-order valence-electron chi connectivity index (χ1n) is 9.43. The highest BCUT2D eigenvalue weighted by atomic mass is 127. The summed E-state index contributed by atoms with van der Waals surface area (Å²) in [4.78, 5) is 4.46. The van der Waals surface area contributed by atoms with E-state index in [0.717, 1.165) is 18.4 Å². The summed E-state index contributed by atoms with van der Waals surface area (Å²) >= 11 is 0. The number of aromatic hydroxyl groups is 1. The van der Waals surface area contributed by atoms with Crippen LogP contribution in [-0.2, 0) is 13.0 Å². The van der Waals surface area contributed by atoms with Gasteiger partial charge in [-0.3, -0.25) is 0 Å². The standard InChI is InChI=1S/C21H27F2N3O3.HI/c1-3-24-21(25-12-4-5-15-6-8-17(27)9-7-15)26-14-16-13-18(28-2)10-11-19(16)29-20(22)23;/h6-11,13,20,27H,3-5,12,14H2,1-2H3,(H2,24,25,26);1H. The SMILES string of the molecule is CCNC(=NCc1cc(OC)ccc1OC(F)F)NCCCc1ccc(O)cc1.I. The van der Waals surface area contributed by atoms with E-state index in [2.05, 4.69) is 20.4 Å². The molecule has 0 saturated carbocycles. The van der Waals surface area contributed by atoms with Crippen LogP contribution in [0.5, 0.6) is 17.2 Å². The van der Waals surface area contributed by atoms with Crippen LogP contribution in [-0.4, -0.2) is 37.9 Å². The van der Waals surface area contributed by atoms with Crippen LogP contribution in [0.15, 0.2) is 47.5 Å². The molecule has 9 heteroatoms. The summed E-state index contributed by atoms with van der Waals surface area (Å²) in [5.74, 6) is 1.46. The predicted octanol–water partition coefficient (Wildman–Crippen LogP) is 4.31. The third-order valence-electron chi connectivity index (χ3n) is 4.11. The summed E-state index contributed by atoms with van der Waals surface area (Å²) in [5, 5.41) is 15.7. The minimum atomic E-state index is -2.91. The van der Waals surface area contributed by atoms with Crippen molar-refractivity contribution in [2.24, 2.45) is 4.99 Å².